The van der Waals surface area contributed by atoms with Crippen molar-refractivity contribution in [2.75, 3.05) is 18.4 Å². The highest BCUT2D eigenvalue weighted by Gasteiger charge is 2.33. The zero-order chi connectivity index (χ0) is 26.7. The van der Waals surface area contributed by atoms with Crippen LogP contribution in [-0.4, -0.2) is 51.3 Å². The molecule has 2 aromatic heterocycles. The molecule has 194 valence electrons. The smallest absolute Gasteiger partial charge is 0.311 e. The molecular formula is C26H26F2N4O4S. The highest BCUT2D eigenvalue weighted by molar-refractivity contribution is 7.13. The summed E-state index contributed by atoms with van der Waals surface area (Å²) in [5.74, 6) is -3.38. The number of hydrogen-bond donors (Lipinski definition) is 1. The van der Waals surface area contributed by atoms with Crippen LogP contribution in [0.3, 0.4) is 0 Å². The van der Waals surface area contributed by atoms with Gasteiger partial charge in [0.15, 0.2) is 0 Å². The summed E-state index contributed by atoms with van der Waals surface area (Å²) in [6, 6.07) is 4.95. The number of hydrogen-bond acceptors (Lipinski definition) is 7. The van der Waals surface area contributed by atoms with Crippen molar-refractivity contribution >= 4 is 34.8 Å². The number of thiazole rings is 1. The van der Waals surface area contributed by atoms with Gasteiger partial charge in [-0.1, -0.05) is 6.07 Å². The molecule has 4 rings (SSSR count). The molecule has 0 bridgehead atoms. The number of carbonyl (C=O) groups is 3. The van der Waals surface area contributed by atoms with Gasteiger partial charge in [0.25, 0.3) is 11.8 Å². The molecule has 1 N–H and O–H groups in total. The van der Waals surface area contributed by atoms with Crippen LogP contribution in [0.2, 0.25) is 0 Å². The lowest BCUT2D eigenvalue weighted by Gasteiger charge is -2.33. The minimum Gasteiger partial charge on any atom is -0.460 e. The molecule has 0 saturated carbocycles. The first-order chi connectivity index (χ1) is 17.5. The number of anilines is 1. The number of pyridine rings is 1. The molecule has 2 amide bonds. The first-order valence-electron chi connectivity index (χ1n) is 11.7. The van der Waals surface area contributed by atoms with Crippen LogP contribution in [0.5, 0.6) is 0 Å². The van der Waals surface area contributed by atoms with Crippen molar-refractivity contribution in [3.05, 3.63) is 64.9 Å². The summed E-state index contributed by atoms with van der Waals surface area (Å²) < 4.78 is 33.7. The van der Waals surface area contributed by atoms with E-state index in [0.717, 1.165) is 23.5 Å². The number of nitrogens with one attached hydrogen (secondary N) is 1. The van der Waals surface area contributed by atoms with E-state index in [1.54, 1.807) is 25.7 Å². The Labute approximate surface area is 216 Å². The number of benzene rings is 1. The Bertz CT molecular complexity index is 1320. The normalized spacial score (nSPS) is 15.8. The van der Waals surface area contributed by atoms with Crippen molar-refractivity contribution in [3.63, 3.8) is 0 Å². The second-order valence-corrected chi connectivity index (χ2v) is 10.5. The van der Waals surface area contributed by atoms with Crippen molar-refractivity contribution in [2.45, 2.75) is 39.2 Å². The number of aromatic nitrogens is 2. The van der Waals surface area contributed by atoms with Crippen molar-refractivity contribution in [2.24, 2.45) is 5.92 Å². The predicted molar refractivity (Wildman–Crippen MR) is 134 cm³/mol. The Morgan fingerprint density at radius 1 is 1.16 bits per heavy atom. The maximum atomic E-state index is 14.1. The average molecular weight is 529 g/mol. The van der Waals surface area contributed by atoms with Gasteiger partial charge in [-0.15, -0.1) is 11.3 Å². The number of esters is 1. The lowest BCUT2D eigenvalue weighted by Crippen LogP contribution is -2.44. The number of nitrogens with zero attached hydrogens (tertiary/aromatic N) is 3. The molecular weight excluding hydrogens is 502 g/mol. The van der Waals surface area contributed by atoms with Crippen LogP contribution >= 0.6 is 11.3 Å². The van der Waals surface area contributed by atoms with E-state index in [-0.39, 0.29) is 45.9 Å². The maximum Gasteiger partial charge on any atom is 0.311 e. The fourth-order valence-electron chi connectivity index (χ4n) is 3.97. The lowest BCUT2D eigenvalue weighted by molar-refractivity contribution is -0.161. The molecule has 1 atom stereocenters. The standard InChI is InChI=1S/C26H26F2N4O4S/c1-26(2,3)36-25(35)15-6-5-11-32(13-15)24(34)16-9-10-29-12-19(16)30-22(33)20-14-37-23(31-20)21-17(27)7-4-8-18(21)28/h4,7-10,12,14-15H,5-6,11,13H2,1-3H3,(H,30,33). The van der Waals surface area contributed by atoms with Crippen LogP contribution in [0.25, 0.3) is 10.6 Å². The third-order valence-electron chi connectivity index (χ3n) is 5.66. The first-order valence-corrected chi connectivity index (χ1v) is 12.6. The number of halogens is 2. The molecule has 1 saturated heterocycles. The Kier molecular flexibility index (Phi) is 7.63. The molecule has 1 aliphatic rings. The minimum atomic E-state index is -0.785. The van der Waals surface area contributed by atoms with Crippen LogP contribution in [0.15, 0.2) is 42.0 Å². The van der Waals surface area contributed by atoms with Gasteiger partial charge in [0.05, 0.1) is 28.9 Å². The fourth-order valence-corrected chi connectivity index (χ4v) is 4.82. The highest BCUT2D eigenvalue weighted by atomic mass is 32.1. The average Bonchev–Trinajstić information content (AvgIpc) is 3.33. The molecule has 1 aliphatic heterocycles. The summed E-state index contributed by atoms with van der Waals surface area (Å²) in [5.41, 5.74) is -0.645. The molecule has 37 heavy (non-hydrogen) atoms. The van der Waals surface area contributed by atoms with Crippen LogP contribution in [0.4, 0.5) is 14.5 Å². The van der Waals surface area contributed by atoms with Gasteiger partial charge in [0, 0.05) is 24.7 Å². The van der Waals surface area contributed by atoms with Crippen molar-refractivity contribution in [1.82, 2.24) is 14.9 Å². The second kappa shape index (κ2) is 10.7. The zero-order valence-electron chi connectivity index (χ0n) is 20.6. The van der Waals surface area contributed by atoms with E-state index in [0.29, 0.717) is 19.4 Å². The molecule has 11 heteroatoms. The largest absolute Gasteiger partial charge is 0.460 e. The van der Waals surface area contributed by atoms with Crippen LogP contribution < -0.4 is 5.32 Å². The maximum absolute atomic E-state index is 14.1. The van der Waals surface area contributed by atoms with Crippen molar-refractivity contribution < 1.29 is 27.9 Å². The topological polar surface area (TPSA) is 101 Å². The van der Waals surface area contributed by atoms with Gasteiger partial charge in [-0.2, -0.15) is 0 Å². The third kappa shape index (κ3) is 6.16. The number of likely N-dealkylation sites (tertiary alicyclic amines) is 1. The van der Waals surface area contributed by atoms with Gasteiger partial charge in [0.2, 0.25) is 0 Å². The number of amides is 2. The Morgan fingerprint density at radius 2 is 1.89 bits per heavy atom. The number of carbonyl (C=O) groups excluding carboxylic acids is 3. The lowest BCUT2D eigenvalue weighted by atomic mass is 9.97. The molecule has 1 fully saturated rings. The van der Waals surface area contributed by atoms with E-state index >= 15 is 0 Å². The van der Waals surface area contributed by atoms with E-state index in [1.165, 1.54) is 29.9 Å². The van der Waals surface area contributed by atoms with E-state index in [9.17, 15) is 23.2 Å². The van der Waals surface area contributed by atoms with Gasteiger partial charge < -0.3 is 15.0 Å². The quantitative estimate of drug-likeness (QED) is 0.472. The monoisotopic (exact) mass is 528 g/mol. The van der Waals surface area contributed by atoms with Crippen molar-refractivity contribution in [3.8, 4) is 10.6 Å². The van der Waals surface area contributed by atoms with E-state index in [4.69, 9.17) is 4.74 Å². The molecule has 0 aliphatic carbocycles. The summed E-state index contributed by atoms with van der Waals surface area (Å²) in [5, 5.41) is 4.02. The Hall–Kier alpha value is -3.73. The molecule has 8 nitrogen and oxygen atoms in total. The molecule has 0 radical (unpaired) electrons. The minimum absolute atomic E-state index is 0.0183. The number of ether oxygens (including phenoxy) is 1. The Morgan fingerprint density at radius 3 is 2.59 bits per heavy atom. The third-order valence-corrected chi connectivity index (χ3v) is 6.52. The van der Waals surface area contributed by atoms with Gasteiger partial charge in [-0.3, -0.25) is 19.4 Å². The number of piperidine rings is 1. The van der Waals surface area contributed by atoms with Gasteiger partial charge in [-0.05, 0) is 51.8 Å². The summed E-state index contributed by atoms with van der Waals surface area (Å²) in [4.78, 5) is 48.4. The second-order valence-electron chi connectivity index (χ2n) is 9.63. The molecule has 1 aromatic carbocycles. The van der Waals surface area contributed by atoms with Crippen LogP contribution in [0.1, 0.15) is 54.5 Å². The molecule has 1 unspecified atom stereocenters. The fraction of sp³-hybridized carbons (Fsp3) is 0.346. The summed E-state index contributed by atoms with van der Waals surface area (Å²) in [6.07, 6.45) is 4.02. The van der Waals surface area contributed by atoms with E-state index in [1.807, 2.05) is 0 Å². The summed E-state index contributed by atoms with van der Waals surface area (Å²) in [6.45, 7) is 6.03. The molecule has 3 aromatic rings. The van der Waals surface area contributed by atoms with Crippen LogP contribution in [-0.2, 0) is 9.53 Å². The number of rotatable bonds is 5. The van der Waals surface area contributed by atoms with Crippen LogP contribution in [0, 0.1) is 17.6 Å². The van der Waals surface area contributed by atoms with E-state index < -0.39 is 29.1 Å². The predicted octanol–water partition coefficient (Wildman–Crippen LogP) is 4.93. The highest BCUT2D eigenvalue weighted by Crippen LogP contribution is 2.29. The zero-order valence-corrected chi connectivity index (χ0v) is 21.4. The molecule has 3 heterocycles. The Balaban J connectivity index is 1.49. The van der Waals surface area contributed by atoms with Gasteiger partial charge in [0.1, 0.15) is 27.9 Å². The summed E-state index contributed by atoms with van der Waals surface area (Å²) >= 11 is 0.923. The first kappa shape index (κ1) is 26.3. The summed E-state index contributed by atoms with van der Waals surface area (Å²) in [7, 11) is 0. The van der Waals surface area contributed by atoms with Gasteiger partial charge in [-0.25, -0.2) is 13.8 Å². The SMILES string of the molecule is CC(C)(C)OC(=O)C1CCCN(C(=O)c2ccncc2NC(=O)c2csc(-c3c(F)cccc3F)n2)C1. The van der Waals surface area contributed by atoms with Gasteiger partial charge >= 0.3 is 5.97 Å². The van der Waals surface area contributed by atoms with Crippen molar-refractivity contribution in [1.29, 1.82) is 0 Å². The van der Waals surface area contributed by atoms with E-state index in [2.05, 4.69) is 15.3 Å². The molecule has 0 spiro atoms.